The lowest BCUT2D eigenvalue weighted by atomic mass is 10.3. The maximum absolute atomic E-state index is 10.5. The number of nitro groups is 1. The molecule has 0 aliphatic carbocycles. The van der Waals surface area contributed by atoms with E-state index in [1.54, 1.807) is 0 Å². The highest BCUT2D eigenvalue weighted by Gasteiger charge is 2.12. The summed E-state index contributed by atoms with van der Waals surface area (Å²) in [6.45, 7) is 0.471. The molecule has 0 N–H and O–H groups in total. The molecule has 0 aromatic heterocycles. The van der Waals surface area contributed by atoms with Crippen molar-refractivity contribution < 1.29 is 9.66 Å². The van der Waals surface area contributed by atoms with Crippen LogP contribution in [0.4, 0.5) is 5.69 Å². The van der Waals surface area contributed by atoms with Gasteiger partial charge in [0, 0.05) is 18.6 Å². The van der Waals surface area contributed by atoms with E-state index < -0.39 is 4.92 Å². The van der Waals surface area contributed by atoms with E-state index in [0.29, 0.717) is 18.8 Å². The molecule has 0 radical (unpaired) electrons. The number of ether oxygens (including phenoxy) is 1. The second-order valence-corrected chi connectivity index (χ2v) is 3.43. The molecule has 1 aromatic rings. The van der Waals surface area contributed by atoms with Crippen LogP contribution in [0, 0.1) is 22.5 Å². The van der Waals surface area contributed by atoms with E-state index in [1.807, 2.05) is 0 Å². The molecule has 4 nitrogen and oxygen atoms in total. The summed E-state index contributed by atoms with van der Waals surface area (Å²) >= 11 is 5.71. The van der Waals surface area contributed by atoms with E-state index in [-0.39, 0.29) is 10.7 Å². The predicted molar refractivity (Wildman–Crippen MR) is 61.7 cm³/mol. The van der Waals surface area contributed by atoms with Crippen molar-refractivity contribution in [3.05, 3.63) is 33.3 Å². The Kier molecular flexibility index (Phi) is 4.62. The second kappa shape index (κ2) is 5.99. The fraction of sp³-hybridized carbons (Fsp3) is 0.273. The maximum Gasteiger partial charge on any atom is 0.288 e. The molecule has 84 valence electrons. The monoisotopic (exact) mass is 239 g/mol. The van der Waals surface area contributed by atoms with Gasteiger partial charge in [-0.25, -0.2) is 0 Å². The Morgan fingerprint density at radius 1 is 1.56 bits per heavy atom. The highest BCUT2D eigenvalue weighted by molar-refractivity contribution is 6.32. The summed E-state index contributed by atoms with van der Waals surface area (Å²) in [7, 11) is 0. The third-order valence-electron chi connectivity index (χ3n) is 1.85. The van der Waals surface area contributed by atoms with E-state index >= 15 is 0 Å². The molecular weight excluding hydrogens is 230 g/mol. The van der Waals surface area contributed by atoms with Crippen LogP contribution in [0.5, 0.6) is 5.75 Å². The van der Waals surface area contributed by atoms with Crippen LogP contribution < -0.4 is 4.74 Å². The van der Waals surface area contributed by atoms with Gasteiger partial charge in [-0.2, -0.15) is 0 Å². The number of hydrogen-bond donors (Lipinski definition) is 0. The Morgan fingerprint density at radius 3 is 2.88 bits per heavy atom. The number of nitro benzene ring substituents is 1. The Balaban J connectivity index is 2.60. The molecule has 0 aliphatic rings. The summed E-state index contributed by atoms with van der Waals surface area (Å²) < 4.78 is 5.32. The molecule has 0 fully saturated rings. The van der Waals surface area contributed by atoms with Crippen molar-refractivity contribution in [2.24, 2.45) is 0 Å². The molecule has 0 heterocycles. The normalized spacial score (nSPS) is 9.50. The second-order valence-electron chi connectivity index (χ2n) is 3.03. The van der Waals surface area contributed by atoms with Gasteiger partial charge in [-0.3, -0.25) is 10.1 Å². The first kappa shape index (κ1) is 12.3. The summed E-state index contributed by atoms with van der Waals surface area (Å²) in [5.41, 5.74) is -0.127. The molecule has 1 rings (SSSR count). The lowest BCUT2D eigenvalue weighted by molar-refractivity contribution is -0.384. The molecule has 16 heavy (non-hydrogen) atoms. The Morgan fingerprint density at radius 2 is 2.31 bits per heavy atom. The Bertz CT molecular complexity index is 426. The molecule has 1 aromatic carbocycles. The molecule has 0 saturated heterocycles. The van der Waals surface area contributed by atoms with Crippen LogP contribution in [0.25, 0.3) is 0 Å². The smallest absolute Gasteiger partial charge is 0.288 e. The summed E-state index contributed by atoms with van der Waals surface area (Å²) in [5, 5.41) is 10.6. The topological polar surface area (TPSA) is 52.4 Å². The molecule has 0 spiro atoms. The number of terminal acetylenes is 1. The lowest BCUT2D eigenvalue weighted by Gasteiger charge is -2.05. The van der Waals surface area contributed by atoms with Gasteiger partial charge in [-0.05, 0) is 12.5 Å². The fourth-order valence-corrected chi connectivity index (χ4v) is 1.33. The van der Waals surface area contributed by atoms with E-state index in [9.17, 15) is 10.1 Å². The van der Waals surface area contributed by atoms with Crippen molar-refractivity contribution in [2.75, 3.05) is 6.61 Å². The van der Waals surface area contributed by atoms with Crippen molar-refractivity contribution in [3.63, 3.8) is 0 Å². The zero-order valence-corrected chi connectivity index (χ0v) is 9.24. The van der Waals surface area contributed by atoms with Gasteiger partial charge in [-0.15, -0.1) is 12.3 Å². The van der Waals surface area contributed by atoms with Crippen LogP contribution >= 0.6 is 11.6 Å². The SMILES string of the molecule is C#CCCCOc1ccc([N+](=O)[O-])c(Cl)c1. The third kappa shape index (κ3) is 3.44. The minimum Gasteiger partial charge on any atom is -0.494 e. The van der Waals surface area contributed by atoms with E-state index in [0.717, 1.165) is 6.42 Å². The van der Waals surface area contributed by atoms with Gasteiger partial charge in [0.05, 0.1) is 11.5 Å². The van der Waals surface area contributed by atoms with E-state index in [2.05, 4.69) is 5.92 Å². The van der Waals surface area contributed by atoms with Crippen molar-refractivity contribution >= 4 is 17.3 Å². The van der Waals surface area contributed by atoms with E-state index in [1.165, 1.54) is 18.2 Å². The van der Waals surface area contributed by atoms with Crippen molar-refractivity contribution in [2.45, 2.75) is 12.8 Å². The molecule has 0 bridgehead atoms. The molecule has 0 unspecified atom stereocenters. The predicted octanol–water partition coefficient (Wildman–Crippen LogP) is 3.04. The molecule has 5 heteroatoms. The van der Waals surface area contributed by atoms with Crippen molar-refractivity contribution in [3.8, 4) is 18.1 Å². The molecule has 0 saturated carbocycles. The van der Waals surface area contributed by atoms with E-state index in [4.69, 9.17) is 22.8 Å². The van der Waals surface area contributed by atoms with Crippen LogP contribution in [-0.2, 0) is 0 Å². The number of benzene rings is 1. The third-order valence-corrected chi connectivity index (χ3v) is 2.15. The molecule has 0 amide bonds. The average molecular weight is 240 g/mol. The number of nitrogens with zero attached hydrogens (tertiary/aromatic N) is 1. The minimum atomic E-state index is -0.537. The lowest BCUT2D eigenvalue weighted by Crippen LogP contribution is -1.97. The van der Waals surface area contributed by atoms with Crippen LogP contribution in [-0.4, -0.2) is 11.5 Å². The first-order valence-corrected chi connectivity index (χ1v) is 5.03. The van der Waals surface area contributed by atoms with Crippen molar-refractivity contribution in [1.29, 1.82) is 0 Å². The molecule has 0 atom stereocenters. The number of halogens is 1. The first-order chi connectivity index (χ1) is 7.65. The van der Waals surface area contributed by atoms with Crippen LogP contribution in [0.3, 0.4) is 0 Å². The highest BCUT2D eigenvalue weighted by Crippen LogP contribution is 2.28. The largest absolute Gasteiger partial charge is 0.494 e. The maximum atomic E-state index is 10.5. The quantitative estimate of drug-likeness (QED) is 0.343. The zero-order chi connectivity index (χ0) is 12.0. The summed E-state index contributed by atoms with van der Waals surface area (Å²) in [5.74, 6) is 3.00. The van der Waals surface area contributed by atoms with Gasteiger partial charge >= 0.3 is 0 Å². The first-order valence-electron chi connectivity index (χ1n) is 4.65. The van der Waals surface area contributed by atoms with Gasteiger partial charge in [0.25, 0.3) is 5.69 Å². The van der Waals surface area contributed by atoms with Crippen LogP contribution in [0.2, 0.25) is 5.02 Å². The summed E-state index contributed by atoms with van der Waals surface area (Å²) in [4.78, 5) is 9.95. The zero-order valence-electron chi connectivity index (χ0n) is 8.48. The van der Waals surface area contributed by atoms with Crippen LogP contribution in [0.15, 0.2) is 18.2 Å². The molecule has 0 aliphatic heterocycles. The highest BCUT2D eigenvalue weighted by atomic mass is 35.5. The van der Waals surface area contributed by atoms with Gasteiger partial charge in [0.1, 0.15) is 10.8 Å². The van der Waals surface area contributed by atoms with Gasteiger partial charge in [-0.1, -0.05) is 11.6 Å². The average Bonchev–Trinajstić information content (AvgIpc) is 2.24. The minimum absolute atomic E-state index is 0.0689. The summed E-state index contributed by atoms with van der Waals surface area (Å²) in [6, 6.07) is 4.26. The van der Waals surface area contributed by atoms with Gasteiger partial charge < -0.3 is 4.74 Å². The number of unbranched alkanes of at least 4 members (excludes halogenated alkanes) is 1. The number of rotatable bonds is 5. The van der Waals surface area contributed by atoms with Crippen molar-refractivity contribution in [1.82, 2.24) is 0 Å². The Hall–Kier alpha value is -1.73. The standard InChI is InChI=1S/C11H10ClNO3/c1-2-3-4-7-16-9-5-6-11(13(14)15)10(12)8-9/h1,5-6,8H,3-4,7H2. The number of hydrogen-bond acceptors (Lipinski definition) is 3. The summed E-state index contributed by atoms with van der Waals surface area (Å²) in [6.07, 6.45) is 6.46. The van der Waals surface area contributed by atoms with Crippen LogP contribution in [0.1, 0.15) is 12.8 Å². The Labute approximate surface area is 98.3 Å². The molecular formula is C11H10ClNO3. The van der Waals surface area contributed by atoms with Gasteiger partial charge in [0.15, 0.2) is 0 Å². The fourth-order valence-electron chi connectivity index (χ4n) is 1.09. The van der Waals surface area contributed by atoms with Gasteiger partial charge in [0.2, 0.25) is 0 Å².